The van der Waals surface area contributed by atoms with Crippen LogP contribution in [-0.4, -0.2) is 23.3 Å². The molecule has 3 heteroatoms. The number of anilines is 1. The number of nitrogens with zero attached hydrogens (tertiary/aromatic N) is 3. The summed E-state index contributed by atoms with van der Waals surface area (Å²) in [7, 11) is 0. The number of hydrogen-bond acceptors (Lipinski definition) is 3. The van der Waals surface area contributed by atoms with Crippen molar-refractivity contribution in [2.24, 2.45) is 0 Å². The minimum absolute atomic E-state index is 0.996. The molecule has 0 fully saturated rings. The average Bonchev–Trinajstić information content (AvgIpc) is 2.15. The van der Waals surface area contributed by atoms with Crippen LogP contribution in [0.1, 0.15) is 20.3 Å². The van der Waals surface area contributed by atoms with E-state index in [4.69, 9.17) is 0 Å². The highest BCUT2D eigenvalue weighted by Crippen LogP contribution is 2.09. The lowest BCUT2D eigenvalue weighted by Crippen LogP contribution is -2.23. The third kappa shape index (κ3) is 2.19. The van der Waals surface area contributed by atoms with Crippen LogP contribution in [0.25, 0.3) is 0 Å². The molecule has 12 heavy (non-hydrogen) atoms. The van der Waals surface area contributed by atoms with Crippen LogP contribution in [0.3, 0.4) is 0 Å². The molecule has 0 aliphatic carbocycles. The predicted molar refractivity (Wildman–Crippen MR) is 49.0 cm³/mol. The van der Waals surface area contributed by atoms with E-state index in [9.17, 15) is 0 Å². The van der Waals surface area contributed by atoms with Gasteiger partial charge in [-0.25, -0.2) is 0 Å². The molecule has 65 valence electrons. The molecule has 0 amide bonds. The van der Waals surface area contributed by atoms with Crippen LogP contribution in [0.4, 0.5) is 5.69 Å². The van der Waals surface area contributed by atoms with Gasteiger partial charge in [0.25, 0.3) is 0 Å². The van der Waals surface area contributed by atoms with Gasteiger partial charge in [-0.3, -0.25) is 0 Å². The first-order chi connectivity index (χ1) is 5.88. The first kappa shape index (κ1) is 8.97. The van der Waals surface area contributed by atoms with Gasteiger partial charge in [0.05, 0.1) is 11.9 Å². The van der Waals surface area contributed by atoms with Gasteiger partial charge < -0.3 is 4.90 Å². The van der Waals surface area contributed by atoms with Gasteiger partial charge in [0.15, 0.2) is 0 Å². The minimum atomic E-state index is 0.996. The molecule has 1 aromatic rings. The summed E-state index contributed by atoms with van der Waals surface area (Å²) in [5.74, 6) is 0. The van der Waals surface area contributed by atoms with Crippen LogP contribution in [0, 0.1) is 6.20 Å². The van der Waals surface area contributed by atoms with E-state index in [0.717, 1.165) is 25.2 Å². The van der Waals surface area contributed by atoms with E-state index in [-0.39, 0.29) is 0 Å². The zero-order chi connectivity index (χ0) is 8.81. The van der Waals surface area contributed by atoms with Crippen LogP contribution in [0.15, 0.2) is 12.3 Å². The van der Waals surface area contributed by atoms with Gasteiger partial charge in [-0.1, -0.05) is 6.92 Å². The Hall–Kier alpha value is -1.12. The molecule has 0 saturated carbocycles. The van der Waals surface area contributed by atoms with Crippen molar-refractivity contribution in [1.29, 1.82) is 0 Å². The fourth-order valence-corrected chi connectivity index (χ4v) is 1.15. The van der Waals surface area contributed by atoms with Crippen molar-refractivity contribution in [3.63, 3.8) is 0 Å². The van der Waals surface area contributed by atoms with Gasteiger partial charge in [0, 0.05) is 13.1 Å². The van der Waals surface area contributed by atoms with Crippen molar-refractivity contribution >= 4 is 5.69 Å². The Bertz CT molecular complexity index is 210. The van der Waals surface area contributed by atoms with Crippen LogP contribution >= 0.6 is 0 Å². The van der Waals surface area contributed by atoms with Crippen molar-refractivity contribution in [2.45, 2.75) is 20.3 Å². The predicted octanol–water partition coefficient (Wildman–Crippen LogP) is 1.51. The van der Waals surface area contributed by atoms with Gasteiger partial charge in [0.2, 0.25) is 0 Å². The molecule has 0 unspecified atom stereocenters. The first-order valence-electron chi connectivity index (χ1n) is 4.32. The van der Waals surface area contributed by atoms with E-state index in [0.29, 0.717) is 0 Å². The van der Waals surface area contributed by atoms with Gasteiger partial charge in [-0.05, 0) is 19.4 Å². The number of rotatable bonds is 4. The van der Waals surface area contributed by atoms with Crippen molar-refractivity contribution in [3.8, 4) is 0 Å². The van der Waals surface area contributed by atoms with E-state index in [1.807, 2.05) is 6.07 Å². The van der Waals surface area contributed by atoms with Crippen molar-refractivity contribution < 1.29 is 0 Å². The monoisotopic (exact) mass is 164 g/mol. The normalized spacial score (nSPS) is 9.83. The zero-order valence-corrected chi connectivity index (χ0v) is 7.62. The molecule has 0 aliphatic heterocycles. The van der Waals surface area contributed by atoms with Gasteiger partial charge in [0.1, 0.15) is 6.20 Å². The summed E-state index contributed by atoms with van der Waals surface area (Å²) in [6, 6.07) is 1.94. The molecule has 3 nitrogen and oxygen atoms in total. The summed E-state index contributed by atoms with van der Waals surface area (Å²) in [6.45, 7) is 6.34. The van der Waals surface area contributed by atoms with E-state index < -0.39 is 0 Å². The maximum atomic E-state index is 3.72. The standard InChI is InChI=1S/C9H14N3/c1-3-7-12(4-2)9-5-6-10-11-8-9/h5-6H,3-4,7H2,1-2H3. The summed E-state index contributed by atoms with van der Waals surface area (Å²) in [4.78, 5) is 2.23. The lowest BCUT2D eigenvalue weighted by atomic mass is 10.3. The average molecular weight is 164 g/mol. The second kappa shape index (κ2) is 4.70. The Labute approximate surface area is 73.4 Å². The summed E-state index contributed by atoms with van der Waals surface area (Å²) in [5, 5.41) is 7.41. The maximum absolute atomic E-state index is 3.72. The highest BCUT2D eigenvalue weighted by atomic mass is 15.2. The third-order valence-electron chi connectivity index (χ3n) is 1.74. The van der Waals surface area contributed by atoms with Gasteiger partial charge >= 0.3 is 0 Å². The molecule has 1 aromatic heterocycles. The molecule has 0 spiro atoms. The molecule has 0 aromatic carbocycles. The van der Waals surface area contributed by atoms with E-state index in [2.05, 4.69) is 35.1 Å². The minimum Gasteiger partial charge on any atom is -0.370 e. The second-order valence-electron chi connectivity index (χ2n) is 2.61. The Balaban J connectivity index is 2.66. The molecule has 1 heterocycles. The molecule has 0 atom stereocenters. The molecular weight excluding hydrogens is 150 g/mol. The van der Waals surface area contributed by atoms with Crippen molar-refractivity contribution in [1.82, 2.24) is 10.2 Å². The smallest absolute Gasteiger partial charge is 0.139 e. The van der Waals surface area contributed by atoms with Crippen LogP contribution in [0.2, 0.25) is 0 Å². The summed E-state index contributed by atoms with van der Waals surface area (Å²) >= 11 is 0. The first-order valence-corrected chi connectivity index (χ1v) is 4.32. The van der Waals surface area contributed by atoms with E-state index >= 15 is 0 Å². The Kier molecular flexibility index (Phi) is 3.51. The highest BCUT2D eigenvalue weighted by molar-refractivity contribution is 5.41. The maximum Gasteiger partial charge on any atom is 0.139 e. The number of aromatic nitrogens is 2. The Morgan fingerprint density at radius 2 is 2.33 bits per heavy atom. The fourth-order valence-electron chi connectivity index (χ4n) is 1.15. The Morgan fingerprint density at radius 3 is 2.83 bits per heavy atom. The molecule has 1 rings (SSSR count). The molecule has 1 radical (unpaired) electrons. The third-order valence-corrected chi connectivity index (χ3v) is 1.74. The van der Waals surface area contributed by atoms with Crippen molar-refractivity contribution in [3.05, 3.63) is 18.5 Å². The van der Waals surface area contributed by atoms with Crippen LogP contribution in [-0.2, 0) is 0 Å². The van der Waals surface area contributed by atoms with E-state index in [1.165, 1.54) is 0 Å². The zero-order valence-electron chi connectivity index (χ0n) is 7.62. The molecule has 0 aliphatic rings. The second-order valence-corrected chi connectivity index (χ2v) is 2.61. The molecular formula is C9H14N3. The van der Waals surface area contributed by atoms with Gasteiger partial charge in [-0.15, -0.1) is 5.10 Å². The topological polar surface area (TPSA) is 29.0 Å². The largest absolute Gasteiger partial charge is 0.370 e. The van der Waals surface area contributed by atoms with E-state index in [1.54, 1.807) is 6.20 Å². The highest BCUT2D eigenvalue weighted by Gasteiger charge is 2.01. The van der Waals surface area contributed by atoms with Gasteiger partial charge in [-0.2, -0.15) is 5.10 Å². The van der Waals surface area contributed by atoms with Crippen LogP contribution < -0.4 is 4.90 Å². The summed E-state index contributed by atoms with van der Waals surface area (Å²) < 4.78 is 0. The fraction of sp³-hybridized carbons (Fsp3) is 0.556. The molecule has 0 bridgehead atoms. The Morgan fingerprint density at radius 1 is 1.50 bits per heavy atom. The quantitative estimate of drug-likeness (QED) is 0.675. The lowest BCUT2D eigenvalue weighted by molar-refractivity contribution is 0.785. The summed E-state index contributed by atoms with van der Waals surface area (Å²) in [6.07, 6.45) is 5.71. The van der Waals surface area contributed by atoms with Crippen LogP contribution in [0.5, 0.6) is 0 Å². The molecule has 0 N–H and O–H groups in total. The van der Waals surface area contributed by atoms with Crippen molar-refractivity contribution in [2.75, 3.05) is 18.0 Å². The lowest BCUT2D eigenvalue weighted by Gasteiger charge is -2.20. The molecule has 0 saturated heterocycles. The SMILES string of the molecule is CCCN(CC)c1[c]nncc1. The summed E-state index contributed by atoms with van der Waals surface area (Å²) in [5.41, 5.74) is 1.04. The number of hydrogen-bond donors (Lipinski definition) is 0.